The Balaban J connectivity index is 1.10. The third-order valence-corrected chi connectivity index (χ3v) is 11.0. The molecule has 7 heteroatoms. The lowest BCUT2D eigenvalue weighted by atomic mass is 9.47. The summed E-state index contributed by atoms with van der Waals surface area (Å²) in [5.41, 5.74) is 2.52. The first-order valence-corrected chi connectivity index (χ1v) is 15.2. The number of fused-ring (bicyclic) bond motifs is 5. The number of ketones is 1. The molecule has 4 aliphatic rings. The van der Waals surface area contributed by atoms with Gasteiger partial charge in [-0.25, -0.2) is 4.79 Å². The molecular formula is C34H43N3O4. The predicted molar refractivity (Wildman–Crippen MR) is 157 cm³/mol. The van der Waals surface area contributed by atoms with Crippen molar-refractivity contribution >= 4 is 23.9 Å². The third kappa shape index (κ3) is 5.71. The van der Waals surface area contributed by atoms with Crippen LogP contribution in [0, 0.1) is 45.8 Å². The number of ether oxygens (including phenoxy) is 1. The normalized spacial score (nSPS) is 34.1. The summed E-state index contributed by atoms with van der Waals surface area (Å²) in [5, 5.41) is 14.8. The molecule has 0 radical (unpaired) electrons. The van der Waals surface area contributed by atoms with Crippen molar-refractivity contribution < 1.29 is 19.1 Å². The van der Waals surface area contributed by atoms with Crippen LogP contribution < -0.4 is 10.6 Å². The molecule has 0 aromatic heterocycles. The summed E-state index contributed by atoms with van der Waals surface area (Å²) in [4.78, 5) is 37.3. The topological polar surface area (TPSA) is 108 Å². The van der Waals surface area contributed by atoms with Crippen molar-refractivity contribution in [3.05, 3.63) is 53.1 Å². The fourth-order valence-corrected chi connectivity index (χ4v) is 8.89. The Kier molecular flexibility index (Phi) is 8.40. The van der Waals surface area contributed by atoms with Gasteiger partial charge in [0.25, 0.3) is 5.91 Å². The number of hydrogen-bond acceptors (Lipinski definition) is 5. The van der Waals surface area contributed by atoms with E-state index in [1.165, 1.54) is 18.4 Å². The number of nitrogens with zero attached hydrogens (tertiary/aromatic N) is 1. The Morgan fingerprint density at radius 3 is 2.51 bits per heavy atom. The van der Waals surface area contributed by atoms with Crippen LogP contribution in [0.15, 0.2) is 47.6 Å². The zero-order valence-corrected chi connectivity index (χ0v) is 24.6. The van der Waals surface area contributed by atoms with E-state index >= 15 is 0 Å². The average molecular weight is 558 g/mol. The van der Waals surface area contributed by atoms with Crippen LogP contribution in [0.5, 0.6) is 0 Å². The summed E-state index contributed by atoms with van der Waals surface area (Å²) in [5.74, 6) is 2.03. The van der Waals surface area contributed by atoms with Crippen LogP contribution >= 0.6 is 0 Å². The number of benzene rings is 1. The van der Waals surface area contributed by atoms with Crippen molar-refractivity contribution in [2.75, 3.05) is 13.1 Å². The molecular weight excluding hydrogens is 514 g/mol. The second-order valence-corrected chi connectivity index (χ2v) is 13.1. The minimum atomic E-state index is -0.475. The molecule has 0 saturated heterocycles. The fourth-order valence-electron chi connectivity index (χ4n) is 8.89. The quantitative estimate of drug-likeness (QED) is 0.186. The first-order valence-electron chi connectivity index (χ1n) is 15.2. The van der Waals surface area contributed by atoms with Gasteiger partial charge in [-0.15, -0.1) is 0 Å². The molecule has 2 N–H and O–H groups in total. The van der Waals surface area contributed by atoms with E-state index in [-0.39, 0.29) is 41.5 Å². The third-order valence-electron chi connectivity index (χ3n) is 11.0. The smallest absolute Gasteiger partial charge is 0.407 e. The molecule has 3 fully saturated rings. The summed E-state index contributed by atoms with van der Waals surface area (Å²) >= 11 is 0. The van der Waals surface area contributed by atoms with Crippen LogP contribution in [0.2, 0.25) is 0 Å². The Morgan fingerprint density at radius 2 is 1.78 bits per heavy atom. The maximum absolute atomic E-state index is 12.5. The zero-order chi connectivity index (χ0) is 29.2. The Hall–Kier alpha value is -3.40. The molecule has 0 aliphatic heterocycles. The molecule has 218 valence electrons. The van der Waals surface area contributed by atoms with Crippen molar-refractivity contribution in [1.82, 2.24) is 10.6 Å². The molecule has 7 atom stereocenters. The molecule has 0 bridgehead atoms. The summed E-state index contributed by atoms with van der Waals surface area (Å²) in [6.45, 7) is 7.01. The monoisotopic (exact) mass is 557 g/mol. The lowest BCUT2D eigenvalue weighted by molar-refractivity contribution is -0.127. The maximum Gasteiger partial charge on any atom is 0.407 e. The highest BCUT2D eigenvalue weighted by Crippen LogP contribution is 2.66. The van der Waals surface area contributed by atoms with Crippen LogP contribution in [0.3, 0.4) is 0 Å². The minimum absolute atomic E-state index is 0.0150. The summed E-state index contributed by atoms with van der Waals surface area (Å²) < 4.78 is 5.80. The van der Waals surface area contributed by atoms with E-state index in [4.69, 9.17) is 4.74 Å². The zero-order valence-electron chi connectivity index (χ0n) is 24.6. The van der Waals surface area contributed by atoms with Crippen LogP contribution in [0.4, 0.5) is 4.79 Å². The van der Waals surface area contributed by atoms with E-state index in [1.54, 1.807) is 13.0 Å². The first kappa shape index (κ1) is 29.1. The Bertz CT molecular complexity index is 1280. The fraction of sp³-hybridized carbons (Fsp3) is 0.588. The molecule has 1 aromatic rings. The number of nitrogens with one attached hydrogen (secondary N) is 2. The number of nitriles is 1. The van der Waals surface area contributed by atoms with Crippen molar-refractivity contribution in [1.29, 1.82) is 5.26 Å². The lowest BCUT2D eigenvalue weighted by Crippen LogP contribution is -2.51. The van der Waals surface area contributed by atoms with Crippen molar-refractivity contribution in [3.8, 4) is 6.07 Å². The number of alkyl carbamates (subject to hydrolysis) is 1. The molecule has 3 saturated carbocycles. The number of carbonyl (C=O) groups excluding carboxylic acids is 3. The van der Waals surface area contributed by atoms with Crippen molar-refractivity contribution in [2.24, 2.45) is 34.5 Å². The van der Waals surface area contributed by atoms with Crippen molar-refractivity contribution in [3.63, 3.8) is 0 Å². The van der Waals surface area contributed by atoms with Gasteiger partial charge in [0.2, 0.25) is 0 Å². The van der Waals surface area contributed by atoms with E-state index in [9.17, 15) is 19.6 Å². The van der Waals surface area contributed by atoms with Crippen LogP contribution in [0.1, 0.15) is 77.7 Å². The molecule has 7 nitrogen and oxygen atoms in total. The van der Waals surface area contributed by atoms with Gasteiger partial charge in [0.05, 0.1) is 0 Å². The molecule has 0 unspecified atom stereocenters. The predicted octanol–water partition coefficient (Wildman–Crippen LogP) is 5.97. The SMILES string of the molecule is CC(=O)[C@H]1CC[C@H]2[C@@H]3CC=C4C[C@@H](OC(=O)NCCNC(=O)/C(C#N)=C/c5ccccc5)CC[C@]4(C)[C@H]3CC[C@]12C. The number of hydrogen-bond donors (Lipinski definition) is 2. The number of allylic oxidation sites excluding steroid dienone is 1. The standard InChI is InChI=1S/C34H43N3O4/c1-22(38)28-11-12-29-27-10-9-25-20-26(13-15-33(25,2)30(27)14-16-34(28,29)3)41-32(40)37-18-17-36-31(39)24(21-35)19-23-7-5-4-6-8-23/h4-9,19,26-30H,10-18,20H2,1-3H3,(H,36,39)(H,37,40)/b24-19+/t26-,27-,28+,29-,30-,33-,34+/m0/s1. The van der Waals surface area contributed by atoms with Gasteiger partial charge in [0.1, 0.15) is 23.5 Å². The van der Waals surface area contributed by atoms with Gasteiger partial charge in [-0.1, -0.05) is 55.8 Å². The van der Waals surface area contributed by atoms with Crippen molar-refractivity contribution in [2.45, 2.75) is 78.2 Å². The maximum atomic E-state index is 12.5. The highest BCUT2D eigenvalue weighted by atomic mass is 16.6. The molecule has 41 heavy (non-hydrogen) atoms. The van der Waals surface area contributed by atoms with Gasteiger partial charge >= 0.3 is 6.09 Å². The van der Waals surface area contributed by atoms with E-state index < -0.39 is 12.0 Å². The van der Waals surface area contributed by atoms with Gasteiger partial charge in [-0.2, -0.15) is 5.26 Å². The number of Topliss-reactive ketones (excluding diaryl/α,β-unsaturated/α-hetero) is 1. The number of rotatable bonds is 7. The highest BCUT2D eigenvalue weighted by Gasteiger charge is 2.59. The van der Waals surface area contributed by atoms with Crippen LogP contribution in [0.25, 0.3) is 6.08 Å². The summed E-state index contributed by atoms with van der Waals surface area (Å²) in [6.07, 6.45) is 11.6. The largest absolute Gasteiger partial charge is 0.446 e. The van der Waals surface area contributed by atoms with E-state index in [2.05, 4.69) is 30.6 Å². The van der Waals surface area contributed by atoms with Gasteiger partial charge in [0, 0.05) is 25.4 Å². The van der Waals surface area contributed by atoms with Crippen LogP contribution in [-0.4, -0.2) is 37.0 Å². The summed E-state index contributed by atoms with van der Waals surface area (Å²) in [6, 6.07) is 11.1. The first-order chi connectivity index (χ1) is 19.7. The second-order valence-electron chi connectivity index (χ2n) is 13.1. The van der Waals surface area contributed by atoms with E-state index in [0.717, 1.165) is 44.1 Å². The summed E-state index contributed by atoms with van der Waals surface area (Å²) in [7, 11) is 0. The van der Waals surface area contributed by atoms with Gasteiger partial charge < -0.3 is 15.4 Å². The van der Waals surface area contributed by atoms with Gasteiger partial charge in [-0.05, 0) is 92.1 Å². The van der Waals surface area contributed by atoms with Gasteiger partial charge in [0.15, 0.2) is 0 Å². The van der Waals surface area contributed by atoms with E-state index in [0.29, 0.717) is 23.5 Å². The molecule has 2 amide bonds. The Morgan fingerprint density at radius 1 is 1.02 bits per heavy atom. The molecule has 5 rings (SSSR count). The van der Waals surface area contributed by atoms with E-state index in [1.807, 2.05) is 36.4 Å². The molecule has 1 aromatic carbocycles. The van der Waals surface area contributed by atoms with Gasteiger partial charge in [-0.3, -0.25) is 9.59 Å². The molecule has 4 aliphatic carbocycles. The lowest BCUT2D eigenvalue weighted by Gasteiger charge is -2.58. The minimum Gasteiger partial charge on any atom is -0.446 e. The van der Waals surface area contributed by atoms with Crippen LogP contribution in [-0.2, 0) is 14.3 Å². The second kappa shape index (κ2) is 11.8. The number of carbonyl (C=O) groups is 3. The number of amides is 2. The molecule has 0 spiro atoms. The Labute approximate surface area is 243 Å². The molecule has 0 heterocycles. The average Bonchev–Trinajstić information content (AvgIpc) is 3.32. The highest BCUT2D eigenvalue weighted by molar-refractivity contribution is 6.01.